The molecule has 30 heavy (non-hydrogen) atoms. The van der Waals surface area contributed by atoms with E-state index in [2.05, 4.69) is 55.3 Å². The van der Waals surface area contributed by atoms with E-state index in [9.17, 15) is 4.79 Å². The van der Waals surface area contributed by atoms with Crippen molar-refractivity contribution < 1.29 is 9.53 Å². The summed E-state index contributed by atoms with van der Waals surface area (Å²) in [5, 5.41) is 0. The van der Waals surface area contributed by atoms with Gasteiger partial charge in [0.15, 0.2) is 0 Å². The van der Waals surface area contributed by atoms with Gasteiger partial charge in [0.05, 0.1) is 6.54 Å². The van der Waals surface area contributed by atoms with E-state index in [0.717, 1.165) is 35.9 Å². The SMILES string of the molecule is C=C(/C=C\C=C/C)COC(=O)N1CCN(CC(C)CSCc2ccccc2)C(=C)C1. The minimum atomic E-state index is -0.303. The van der Waals surface area contributed by atoms with Gasteiger partial charge >= 0.3 is 6.09 Å². The highest BCUT2D eigenvalue weighted by atomic mass is 32.2. The average Bonchev–Trinajstić information content (AvgIpc) is 2.74. The fourth-order valence-electron chi connectivity index (χ4n) is 3.15. The predicted octanol–water partition coefficient (Wildman–Crippen LogP) is 5.51. The molecule has 0 saturated carbocycles. The Bertz CT molecular complexity index is 758. The van der Waals surface area contributed by atoms with E-state index in [0.29, 0.717) is 19.0 Å². The monoisotopic (exact) mass is 426 g/mol. The van der Waals surface area contributed by atoms with Crippen molar-refractivity contribution >= 4 is 17.9 Å². The van der Waals surface area contributed by atoms with Crippen LogP contribution in [0.5, 0.6) is 0 Å². The van der Waals surface area contributed by atoms with Crippen LogP contribution < -0.4 is 0 Å². The first kappa shape index (κ1) is 23.9. The summed E-state index contributed by atoms with van der Waals surface area (Å²) >= 11 is 1.97. The summed E-state index contributed by atoms with van der Waals surface area (Å²) in [4.78, 5) is 16.4. The minimum Gasteiger partial charge on any atom is -0.445 e. The van der Waals surface area contributed by atoms with Gasteiger partial charge in [0.2, 0.25) is 0 Å². The fraction of sp³-hybridized carbons (Fsp3) is 0.400. The maximum Gasteiger partial charge on any atom is 0.410 e. The zero-order chi connectivity index (χ0) is 21.8. The largest absolute Gasteiger partial charge is 0.445 e. The van der Waals surface area contributed by atoms with Crippen LogP contribution in [0, 0.1) is 5.92 Å². The zero-order valence-corrected chi connectivity index (χ0v) is 19.1. The third kappa shape index (κ3) is 8.54. The van der Waals surface area contributed by atoms with Crippen molar-refractivity contribution in [2.24, 2.45) is 5.92 Å². The second-order valence-electron chi connectivity index (χ2n) is 7.64. The number of carbonyl (C=O) groups is 1. The van der Waals surface area contributed by atoms with E-state index >= 15 is 0 Å². The molecule has 1 aliphatic heterocycles. The molecule has 1 aromatic rings. The summed E-state index contributed by atoms with van der Waals surface area (Å²) < 4.78 is 5.38. The first-order valence-corrected chi connectivity index (χ1v) is 11.6. The molecule has 1 heterocycles. The van der Waals surface area contributed by atoms with Crippen LogP contribution in [0.1, 0.15) is 19.4 Å². The Labute approximate surface area is 186 Å². The van der Waals surface area contributed by atoms with Gasteiger partial charge < -0.3 is 14.5 Å². The summed E-state index contributed by atoms with van der Waals surface area (Å²) in [6.07, 6.45) is 7.28. The average molecular weight is 427 g/mol. The number of thioether (sulfide) groups is 1. The van der Waals surface area contributed by atoms with Gasteiger partial charge in [-0.15, -0.1) is 0 Å². The number of allylic oxidation sites excluding steroid dienone is 3. The number of benzene rings is 1. The molecule has 1 atom stereocenters. The molecular weight excluding hydrogens is 392 g/mol. The second kappa shape index (κ2) is 13.0. The lowest BCUT2D eigenvalue weighted by Gasteiger charge is -2.38. The molecule has 0 radical (unpaired) electrons. The molecule has 5 heteroatoms. The van der Waals surface area contributed by atoms with Crippen molar-refractivity contribution in [3.63, 3.8) is 0 Å². The van der Waals surface area contributed by atoms with Gasteiger partial charge in [-0.05, 0) is 29.7 Å². The molecule has 1 fully saturated rings. The van der Waals surface area contributed by atoms with Gasteiger partial charge in [0.1, 0.15) is 6.61 Å². The van der Waals surface area contributed by atoms with Crippen molar-refractivity contribution in [3.05, 3.63) is 84.6 Å². The predicted molar refractivity (Wildman–Crippen MR) is 128 cm³/mol. The Hall–Kier alpha value is -2.40. The first-order valence-electron chi connectivity index (χ1n) is 10.4. The van der Waals surface area contributed by atoms with Gasteiger partial charge in [-0.3, -0.25) is 0 Å². The number of ether oxygens (including phenoxy) is 1. The molecule has 0 aromatic heterocycles. The summed E-state index contributed by atoms with van der Waals surface area (Å²) in [5.74, 6) is 2.70. The van der Waals surface area contributed by atoms with Crippen LogP contribution in [0.15, 0.2) is 79.1 Å². The number of hydrogen-bond donors (Lipinski definition) is 0. The Balaban J connectivity index is 1.68. The molecule has 1 saturated heterocycles. The van der Waals surface area contributed by atoms with Gasteiger partial charge in [-0.2, -0.15) is 11.8 Å². The normalized spacial score (nSPS) is 15.7. The van der Waals surface area contributed by atoms with Crippen molar-refractivity contribution in [1.29, 1.82) is 0 Å². The van der Waals surface area contributed by atoms with Crippen molar-refractivity contribution in [3.8, 4) is 0 Å². The standard InChI is InChI=1S/C25H34N2O2S/c1-5-6-8-11-21(2)18-29-25(28)27-15-14-26(23(4)17-27)16-22(3)19-30-20-24-12-9-7-10-13-24/h5-13,22H,2,4,14-20H2,1,3H3/b6-5-,11-8-. The minimum absolute atomic E-state index is 0.204. The van der Waals surface area contributed by atoms with E-state index in [-0.39, 0.29) is 12.7 Å². The summed E-state index contributed by atoms with van der Waals surface area (Å²) in [7, 11) is 0. The molecule has 4 nitrogen and oxygen atoms in total. The maximum absolute atomic E-state index is 12.3. The Morgan fingerprint density at radius 1 is 1.27 bits per heavy atom. The molecule has 0 N–H and O–H groups in total. The van der Waals surface area contributed by atoms with Crippen LogP contribution in [-0.2, 0) is 10.5 Å². The highest BCUT2D eigenvalue weighted by molar-refractivity contribution is 7.98. The molecule has 1 amide bonds. The summed E-state index contributed by atoms with van der Waals surface area (Å²) in [5.41, 5.74) is 3.11. The summed E-state index contributed by atoms with van der Waals surface area (Å²) in [6, 6.07) is 10.6. The Kier molecular flexibility index (Phi) is 10.4. The van der Waals surface area contributed by atoms with Crippen LogP contribution in [0.3, 0.4) is 0 Å². The maximum atomic E-state index is 12.3. The van der Waals surface area contributed by atoms with Gasteiger partial charge in [-0.25, -0.2) is 4.79 Å². The lowest BCUT2D eigenvalue weighted by atomic mass is 10.1. The lowest BCUT2D eigenvalue weighted by Crippen LogP contribution is -2.48. The zero-order valence-electron chi connectivity index (χ0n) is 18.3. The molecule has 1 unspecified atom stereocenters. The second-order valence-corrected chi connectivity index (χ2v) is 8.67. The lowest BCUT2D eigenvalue weighted by molar-refractivity contribution is 0.0947. The van der Waals surface area contributed by atoms with E-state index in [1.165, 1.54) is 5.56 Å². The molecule has 0 aliphatic carbocycles. The number of piperazine rings is 1. The van der Waals surface area contributed by atoms with Crippen LogP contribution in [0.4, 0.5) is 4.79 Å². The fourth-order valence-corrected chi connectivity index (χ4v) is 4.21. The van der Waals surface area contributed by atoms with Crippen molar-refractivity contribution in [1.82, 2.24) is 9.80 Å². The van der Waals surface area contributed by atoms with Crippen molar-refractivity contribution in [2.75, 3.05) is 38.5 Å². The Morgan fingerprint density at radius 2 is 2.03 bits per heavy atom. The van der Waals surface area contributed by atoms with Crippen LogP contribution in [0.25, 0.3) is 0 Å². The molecule has 0 spiro atoms. The molecule has 0 bridgehead atoms. The van der Waals surface area contributed by atoms with E-state index in [4.69, 9.17) is 4.74 Å². The summed E-state index contributed by atoms with van der Waals surface area (Å²) in [6.45, 7) is 15.5. The first-order chi connectivity index (χ1) is 14.5. The quantitative estimate of drug-likeness (QED) is 0.462. The van der Waals surface area contributed by atoms with Crippen LogP contribution in [0.2, 0.25) is 0 Å². The van der Waals surface area contributed by atoms with Crippen molar-refractivity contribution in [2.45, 2.75) is 19.6 Å². The third-order valence-electron chi connectivity index (χ3n) is 4.78. The van der Waals surface area contributed by atoms with E-state index in [1.54, 1.807) is 4.90 Å². The number of nitrogens with zero attached hydrogens (tertiary/aromatic N) is 2. The number of carbonyl (C=O) groups excluding carboxylic acids is 1. The highest BCUT2D eigenvalue weighted by Gasteiger charge is 2.25. The van der Waals surface area contributed by atoms with E-state index < -0.39 is 0 Å². The third-order valence-corrected chi connectivity index (χ3v) is 6.12. The Morgan fingerprint density at radius 3 is 2.73 bits per heavy atom. The number of amides is 1. The van der Waals surface area contributed by atoms with Gasteiger partial charge in [0, 0.05) is 31.1 Å². The topological polar surface area (TPSA) is 32.8 Å². The molecular formula is C25H34N2O2S. The number of hydrogen-bond acceptors (Lipinski definition) is 4. The van der Waals surface area contributed by atoms with Gasteiger partial charge in [-0.1, -0.05) is 74.7 Å². The molecule has 2 rings (SSSR count). The van der Waals surface area contributed by atoms with E-state index in [1.807, 2.05) is 43.0 Å². The molecule has 162 valence electrons. The smallest absolute Gasteiger partial charge is 0.410 e. The van der Waals surface area contributed by atoms with Crippen LogP contribution in [-0.4, -0.2) is 54.4 Å². The van der Waals surface area contributed by atoms with Crippen LogP contribution >= 0.6 is 11.8 Å². The molecule has 1 aliphatic rings. The highest BCUT2D eigenvalue weighted by Crippen LogP contribution is 2.19. The molecule has 1 aromatic carbocycles. The number of rotatable bonds is 10. The van der Waals surface area contributed by atoms with Gasteiger partial charge in [0.25, 0.3) is 0 Å².